The van der Waals surface area contributed by atoms with Gasteiger partial charge in [-0.15, -0.1) is 0 Å². The maximum atomic E-state index is 14.2. The van der Waals surface area contributed by atoms with Gasteiger partial charge in [0.15, 0.2) is 11.5 Å². The Kier molecular flexibility index (Phi) is 10.6. The summed E-state index contributed by atoms with van der Waals surface area (Å²) in [6.07, 6.45) is 0.213. The third-order valence-corrected chi connectivity index (χ3v) is 9.23. The molecule has 1 heterocycles. The van der Waals surface area contributed by atoms with Crippen LogP contribution in [-0.2, 0) is 32.6 Å². The van der Waals surface area contributed by atoms with Crippen LogP contribution in [0.2, 0.25) is 10.0 Å². The van der Waals surface area contributed by atoms with Gasteiger partial charge in [-0.05, 0) is 49.2 Å². The van der Waals surface area contributed by atoms with Gasteiger partial charge in [0.05, 0.1) is 21.5 Å². The number of amides is 2. The van der Waals surface area contributed by atoms with E-state index in [2.05, 4.69) is 5.32 Å². The molecule has 0 aromatic heterocycles. The molecule has 1 aliphatic heterocycles. The molecule has 9 nitrogen and oxygen atoms in total. The molecule has 4 rings (SSSR count). The fraction of sp³-hybridized carbons (Fsp3) is 0.333. The van der Waals surface area contributed by atoms with Gasteiger partial charge in [0.25, 0.3) is 0 Å². The van der Waals surface area contributed by atoms with Crippen LogP contribution >= 0.6 is 23.2 Å². The Morgan fingerprint density at radius 3 is 2.29 bits per heavy atom. The summed E-state index contributed by atoms with van der Waals surface area (Å²) in [5, 5.41) is 3.47. The van der Waals surface area contributed by atoms with Crippen LogP contribution in [0.4, 0.5) is 5.69 Å². The van der Waals surface area contributed by atoms with E-state index < -0.39 is 28.5 Å². The highest BCUT2D eigenvalue weighted by Gasteiger charge is 2.34. The van der Waals surface area contributed by atoms with E-state index in [0.717, 1.165) is 9.87 Å². The number of sulfonamides is 1. The first-order valence-electron chi connectivity index (χ1n) is 13.6. The largest absolute Gasteiger partial charge is 0.486 e. The number of anilines is 1. The second kappa shape index (κ2) is 14.1. The number of hydrogen-bond donors (Lipinski definition) is 1. The van der Waals surface area contributed by atoms with Crippen LogP contribution in [0.3, 0.4) is 0 Å². The van der Waals surface area contributed by atoms with Crippen molar-refractivity contribution < 1.29 is 27.5 Å². The number of ether oxygens (including phenoxy) is 2. The number of rotatable bonds is 12. The first-order chi connectivity index (χ1) is 20.1. The van der Waals surface area contributed by atoms with Crippen molar-refractivity contribution in [2.24, 2.45) is 0 Å². The Hall–Kier alpha value is -3.47. The lowest BCUT2D eigenvalue weighted by molar-refractivity contribution is -0.140. The van der Waals surface area contributed by atoms with Gasteiger partial charge in [-0.25, -0.2) is 8.42 Å². The molecule has 0 aliphatic carbocycles. The van der Waals surface area contributed by atoms with Crippen LogP contribution in [0.1, 0.15) is 25.0 Å². The maximum Gasteiger partial charge on any atom is 0.244 e. The van der Waals surface area contributed by atoms with E-state index in [1.54, 1.807) is 43.3 Å². The standard InChI is InChI=1S/C30H33Cl2N3O6S/c1-3-33-30(37)26(17-21-8-6-5-7-9-21)34(19-22-10-12-24(31)25(32)16-22)29(36)20-35(42(38,39)4-2)23-11-13-27-28(18-23)41-15-14-40-27/h5-13,16,18,26H,3-4,14-15,17,19-20H2,1-2H3,(H,33,37)/t26-/m0/s1. The smallest absolute Gasteiger partial charge is 0.244 e. The summed E-state index contributed by atoms with van der Waals surface area (Å²) in [4.78, 5) is 29.1. The van der Waals surface area contributed by atoms with E-state index >= 15 is 0 Å². The highest BCUT2D eigenvalue weighted by molar-refractivity contribution is 7.92. The second-order valence-electron chi connectivity index (χ2n) is 9.61. The zero-order chi connectivity index (χ0) is 30.3. The summed E-state index contributed by atoms with van der Waals surface area (Å²) in [6.45, 7) is 3.81. The predicted octanol–water partition coefficient (Wildman–Crippen LogP) is 4.70. The summed E-state index contributed by atoms with van der Waals surface area (Å²) in [6, 6.07) is 18.1. The average molecular weight is 635 g/mol. The molecular weight excluding hydrogens is 601 g/mol. The van der Waals surface area contributed by atoms with E-state index in [4.69, 9.17) is 32.7 Å². The second-order valence-corrected chi connectivity index (χ2v) is 12.6. The van der Waals surface area contributed by atoms with Gasteiger partial charge in [-0.2, -0.15) is 0 Å². The number of hydrogen-bond acceptors (Lipinski definition) is 6. The third-order valence-electron chi connectivity index (χ3n) is 6.75. The molecule has 42 heavy (non-hydrogen) atoms. The fourth-order valence-corrected chi connectivity index (χ4v) is 5.96. The SMILES string of the molecule is CCNC(=O)[C@H](Cc1ccccc1)N(Cc1ccc(Cl)c(Cl)c1)C(=O)CN(c1ccc2c(c1)OCCO2)S(=O)(=O)CC. The number of benzene rings is 3. The molecule has 0 unspecified atom stereocenters. The lowest BCUT2D eigenvalue weighted by Crippen LogP contribution is -2.53. The van der Waals surface area contributed by atoms with Gasteiger partial charge < -0.3 is 19.7 Å². The minimum absolute atomic E-state index is 0.00842. The molecule has 2 amide bonds. The zero-order valence-corrected chi connectivity index (χ0v) is 25.7. The van der Waals surface area contributed by atoms with Crippen molar-refractivity contribution in [2.75, 3.05) is 36.4 Å². The molecule has 1 atom stereocenters. The van der Waals surface area contributed by atoms with Crippen LogP contribution in [0.5, 0.6) is 11.5 Å². The molecule has 1 aliphatic rings. The maximum absolute atomic E-state index is 14.2. The highest BCUT2D eigenvalue weighted by Crippen LogP contribution is 2.35. The van der Waals surface area contributed by atoms with Crippen LogP contribution in [0.25, 0.3) is 0 Å². The monoisotopic (exact) mass is 633 g/mol. The van der Waals surface area contributed by atoms with Gasteiger partial charge in [0.2, 0.25) is 21.8 Å². The van der Waals surface area contributed by atoms with Crippen molar-refractivity contribution >= 4 is 50.7 Å². The third kappa shape index (κ3) is 7.67. The molecule has 0 saturated heterocycles. The van der Waals surface area contributed by atoms with Crippen LogP contribution in [0, 0.1) is 0 Å². The number of fused-ring (bicyclic) bond motifs is 1. The van der Waals surface area contributed by atoms with E-state index in [9.17, 15) is 18.0 Å². The fourth-order valence-electron chi connectivity index (χ4n) is 4.59. The molecule has 3 aromatic carbocycles. The lowest BCUT2D eigenvalue weighted by Gasteiger charge is -2.34. The Morgan fingerprint density at radius 2 is 1.62 bits per heavy atom. The molecular formula is C30H33Cl2N3O6S. The van der Waals surface area contributed by atoms with Gasteiger partial charge >= 0.3 is 0 Å². The topological polar surface area (TPSA) is 105 Å². The molecule has 0 fully saturated rings. The molecule has 224 valence electrons. The minimum atomic E-state index is -3.92. The number of nitrogens with one attached hydrogen (secondary N) is 1. The highest BCUT2D eigenvalue weighted by atomic mass is 35.5. The normalized spacial score (nSPS) is 13.2. The predicted molar refractivity (Wildman–Crippen MR) is 164 cm³/mol. The van der Waals surface area contributed by atoms with Crippen molar-refractivity contribution in [1.82, 2.24) is 10.2 Å². The van der Waals surface area contributed by atoms with E-state index in [-0.39, 0.29) is 30.3 Å². The Labute approximate surface area is 256 Å². The van der Waals surface area contributed by atoms with Crippen LogP contribution in [0.15, 0.2) is 66.7 Å². The van der Waals surface area contributed by atoms with E-state index in [1.807, 2.05) is 30.3 Å². The lowest BCUT2D eigenvalue weighted by atomic mass is 10.0. The average Bonchev–Trinajstić information content (AvgIpc) is 2.99. The van der Waals surface area contributed by atoms with Gasteiger partial charge in [-0.3, -0.25) is 13.9 Å². The van der Waals surface area contributed by atoms with Crippen molar-refractivity contribution in [3.63, 3.8) is 0 Å². The number of nitrogens with zero attached hydrogens (tertiary/aromatic N) is 2. The van der Waals surface area contributed by atoms with Crippen molar-refractivity contribution in [2.45, 2.75) is 32.9 Å². The summed E-state index contributed by atoms with van der Waals surface area (Å²) in [5.41, 5.74) is 1.72. The zero-order valence-electron chi connectivity index (χ0n) is 23.4. The molecule has 0 saturated carbocycles. The summed E-state index contributed by atoms with van der Waals surface area (Å²) >= 11 is 12.4. The summed E-state index contributed by atoms with van der Waals surface area (Å²) in [7, 11) is -3.92. The number of halogens is 2. The molecule has 1 N–H and O–H groups in total. The van der Waals surface area contributed by atoms with Crippen molar-refractivity contribution in [3.8, 4) is 11.5 Å². The molecule has 12 heteroatoms. The number of likely N-dealkylation sites (N-methyl/N-ethyl adjacent to an activating group) is 1. The number of carbonyl (C=O) groups excluding carboxylic acids is 2. The Balaban J connectivity index is 1.75. The van der Waals surface area contributed by atoms with Crippen molar-refractivity contribution in [1.29, 1.82) is 0 Å². The molecule has 0 bridgehead atoms. The first kappa shape index (κ1) is 31.5. The number of carbonyl (C=O) groups is 2. The van der Waals surface area contributed by atoms with Crippen LogP contribution < -0.4 is 19.1 Å². The molecule has 0 spiro atoms. The van der Waals surface area contributed by atoms with Gasteiger partial charge in [-0.1, -0.05) is 59.6 Å². The van der Waals surface area contributed by atoms with Crippen molar-refractivity contribution in [3.05, 3.63) is 87.9 Å². The van der Waals surface area contributed by atoms with E-state index in [1.165, 1.54) is 11.8 Å². The minimum Gasteiger partial charge on any atom is -0.486 e. The molecule has 0 radical (unpaired) electrons. The van der Waals surface area contributed by atoms with Crippen LogP contribution in [-0.4, -0.2) is 63.2 Å². The first-order valence-corrected chi connectivity index (χ1v) is 15.9. The quantitative estimate of drug-likeness (QED) is 0.310. The van der Waals surface area contributed by atoms with Gasteiger partial charge in [0.1, 0.15) is 25.8 Å². The Morgan fingerprint density at radius 1 is 0.905 bits per heavy atom. The Bertz CT molecular complexity index is 1520. The van der Waals surface area contributed by atoms with Gasteiger partial charge in [0, 0.05) is 25.6 Å². The molecule has 3 aromatic rings. The van der Waals surface area contributed by atoms with E-state index in [0.29, 0.717) is 46.9 Å². The summed E-state index contributed by atoms with van der Waals surface area (Å²) in [5.74, 6) is -0.296. The summed E-state index contributed by atoms with van der Waals surface area (Å²) < 4.78 is 39.0.